The van der Waals surface area contributed by atoms with Crippen molar-refractivity contribution in [3.05, 3.63) is 62.7 Å². The van der Waals surface area contributed by atoms with E-state index in [0.717, 1.165) is 44.0 Å². The van der Waals surface area contributed by atoms with Gasteiger partial charge in [-0.05, 0) is 43.3 Å². The van der Waals surface area contributed by atoms with Gasteiger partial charge < -0.3 is 15.1 Å². The summed E-state index contributed by atoms with van der Waals surface area (Å²) in [6.07, 6.45) is 0. The number of nitro groups is 1. The number of nitro benzene ring substituents is 1. The topological polar surface area (TPSA) is 78.7 Å². The molecular formula is C20H23ClN4O3. The summed E-state index contributed by atoms with van der Waals surface area (Å²) in [5.41, 5.74) is 2.83. The van der Waals surface area contributed by atoms with Crippen molar-refractivity contribution >= 4 is 34.6 Å². The van der Waals surface area contributed by atoms with Crippen LogP contribution in [0.2, 0.25) is 5.02 Å². The molecule has 1 fully saturated rings. The van der Waals surface area contributed by atoms with E-state index < -0.39 is 10.8 Å². The predicted molar refractivity (Wildman–Crippen MR) is 112 cm³/mol. The van der Waals surface area contributed by atoms with Gasteiger partial charge in [-0.15, -0.1) is 0 Å². The molecule has 1 saturated heterocycles. The summed E-state index contributed by atoms with van der Waals surface area (Å²) in [5.74, 6) is -0.396. The second kappa shape index (κ2) is 8.58. The zero-order valence-electron chi connectivity index (χ0n) is 15.9. The van der Waals surface area contributed by atoms with Crippen LogP contribution in [0.1, 0.15) is 22.8 Å². The van der Waals surface area contributed by atoms with Crippen molar-refractivity contribution in [3.63, 3.8) is 0 Å². The number of halogens is 1. The normalized spacial score (nSPS) is 14.8. The molecule has 0 aromatic heterocycles. The molecule has 2 aromatic carbocycles. The van der Waals surface area contributed by atoms with Crippen molar-refractivity contribution in [2.75, 3.05) is 42.9 Å². The van der Waals surface area contributed by atoms with Crippen molar-refractivity contribution in [1.29, 1.82) is 0 Å². The van der Waals surface area contributed by atoms with Crippen LogP contribution >= 0.6 is 11.6 Å². The molecule has 8 heteroatoms. The van der Waals surface area contributed by atoms with Crippen LogP contribution in [0.3, 0.4) is 0 Å². The number of anilines is 2. The highest BCUT2D eigenvalue weighted by molar-refractivity contribution is 6.34. The number of hydrogen-bond acceptors (Lipinski definition) is 5. The number of carbonyl (C=O) groups excluding carboxylic acids is 1. The highest BCUT2D eigenvalue weighted by Gasteiger charge is 2.18. The van der Waals surface area contributed by atoms with Crippen LogP contribution < -0.4 is 10.2 Å². The molecular weight excluding hydrogens is 380 g/mol. The first-order valence-corrected chi connectivity index (χ1v) is 9.60. The van der Waals surface area contributed by atoms with Crippen molar-refractivity contribution < 1.29 is 9.72 Å². The number of rotatable bonds is 5. The molecule has 0 spiro atoms. The number of nitrogens with one attached hydrogen (secondary N) is 1. The summed E-state index contributed by atoms with van der Waals surface area (Å²) in [4.78, 5) is 27.6. The Kier molecular flexibility index (Phi) is 6.16. The number of carbonyl (C=O) groups is 1. The zero-order chi connectivity index (χ0) is 20.3. The Morgan fingerprint density at radius 3 is 2.46 bits per heavy atom. The monoisotopic (exact) mass is 402 g/mol. The first-order chi connectivity index (χ1) is 13.4. The molecule has 3 rings (SSSR count). The van der Waals surface area contributed by atoms with Crippen LogP contribution in [0.15, 0.2) is 36.4 Å². The number of amides is 1. The lowest BCUT2D eigenvalue weighted by Gasteiger charge is -2.35. The van der Waals surface area contributed by atoms with Crippen molar-refractivity contribution in [2.45, 2.75) is 13.8 Å². The van der Waals surface area contributed by atoms with Gasteiger partial charge in [0.15, 0.2) is 0 Å². The first-order valence-electron chi connectivity index (χ1n) is 9.22. The molecule has 1 aliphatic rings. The van der Waals surface area contributed by atoms with Gasteiger partial charge in [-0.25, -0.2) is 0 Å². The van der Waals surface area contributed by atoms with E-state index in [4.69, 9.17) is 11.6 Å². The fraction of sp³-hybridized carbons (Fsp3) is 0.350. The number of likely N-dealkylation sites (N-methyl/N-ethyl adjacent to an activating group) is 1. The van der Waals surface area contributed by atoms with Gasteiger partial charge in [0, 0.05) is 49.7 Å². The van der Waals surface area contributed by atoms with Gasteiger partial charge in [0.05, 0.1) is 15.5 Å². The Labute approximate surface area is 169 Å². The Morgan fingerprint density at radius 2 is 1.89 bits per heavy atom. The third kappa shape index (κ3) is 4.43. The molecule has 1 aliphatic heterocycles. The van der Waals surface area contributed by atoms with E-state index in [1.165, 1.54) is 18.2 Å². The third-order valence-corrected chi connectivity index (χ3v) is 5.36. The number of piperazine rings is 1. The number of nitrogens with zero attached hydrogens (tertiary/aromatic N) is 3. The summed E-state index contributed by atoms with van der Waals surface area (Å²) in [6.45, 7) is 9.25. The summed E-state index contributed by atoms with van der Waals surface area (Å²) < 4.78 is 0. The second-order valence-corrected chi connectivity index (χ2v) is 7.20. The molecule has 2 aromatic rings. The maximum absolute atomic E-state index is 12.5. The minimum atomic E-state index is -0.545. The molecule has 1 N–H and O–H groups in total. The minimum Gasteiger partial charge on any atom is -0.369 e. The Hall–Kier alpha value is -2.64. The predicted octanol–water partition coefficient (Wildman–Crippen LogP) is 3.95. The fourth-order valence-corrected chi connectivity index (χ4v) is 3.56. The van der Waals surface area contributed by atoms with Crippen LogP contribution in [-0.4, -0.2) is 48.5 Å². The Morgan fingerprint density at radius 1 is 1.18 bits per heavy atom. The average Bonchev–Trinajstić information content (AvgIpc) is 2.69. The first kappa shape index (κ1) is 20.1. The van der Waals surface area contributed by atoms with Crippen LogP contribution in [0, 0.1) is 17.0 Å². The molecule has 0 radical (unpaired) electrons. The van der Waals surface area contributed by atoms with E-state index in [1.54, 1.807) is 0 Å². The standard InChI is InChI=1S/C20H23ClN4O3/c1-3-23-8-10-24(11-9-23)15-5-7-19(14(2)12-15)22-20(26)17-6-4-16(25(27)28)13-18(17)21/h4-7,12-13H,3,8-11H2,1-2H3,(H,22,26). The lowest BCUT2D eigenvalue weighted by Crippen LogP contribution is -2.46. The highest BCUT2D eigenvalue weighted by Crippen LogP contribution is 2.26. The molecule has 1 heterocycles. The third-order valence-electron chi connectivity index (χ3n) is 5.05. The van der Waals surface area contributed by atoms with Crippen molar-refractivity contribution in [2.24, 2.45) is 0 Å². The minimum absolute atomic E-state index is 0.0507. The summed E-state index contributed by atoms with van der Waals surface area (Å²) in [6, 6.07) is 9.77. The number of hydrogen-bond donors (Lipinski definition) is 1. The molecule has 0 unspecified atom stereocenters. The van der Waals surface area contributed by atoms with Crippen molar-refractivity contribution in [3.8, 4) is 0 Å². The zero-order valence-corrected chi connectivity index (χ0v) is 16.7. The fourth-order valence-electron chi connectivity index (χ4n) is 3.30. The van der Waals surface area contributed by atoms with E-state index in [2.05, 4.69) is 28.1 Å². The maximum atomic E-state index is 12.5. The lowest BCUT2D eigenvalue weighted by molar-refractivity contribution is -0.384. The molecule has 0 aliphatic carbocycles. The molecule has 1 amide bonds. The van der Waals surface area contributed by atoms with Gasteiger partial charge in [-0.3, -0.25) is 14.9 Å². The van der Waals surface area contributed by atoms with Crippen LogP contribution in [-0.2, 0) is 0 Å². The highest BCUT2D eigenvalue weighted by atomic mass is 35.5. The summed E-state index contributed by atoms with van der Waals surface area (Å²) in [7, 11) is 0. The van der Waals surface area contributed by atoms with Crippen molar-refractivity contribution in [1.82, 2.24) is 4.90 Å². The number of aryl methyl sites for hydroxylation is 1. The molecule has 0 bridgehead atoms. The van der Waals surface area contributed by atoms with E-state index in [9.17, 15) is 14.9 Å². The lowest BCUT2D eigenvalue weighted by atomic mass is 10.1. The molecule has 7 nitrogen and oxygen atoms in total. The van der Waals surface area contributed by atoms with E-state index >= 15 is 0 Å². The Balaban J connectivity index is 1.71. The summed E-state index contributed by atoms with van der Waals surface area (Å²) >= 11 is 6.05. The van der Waals surface area contributed by atoms with Gasteiger partial charge in [0.1, 0.15) is 0 Å². The van der Waals surface area contributed by atoms with E-state index in [-0.39, 0.29) is 16.3 Å². The second-order valence-electron chi connectivity index (χ2n) is 6.80. The molecule has 0 saturated carbocycles. The average molecular weight is 403 g/mol. The van der Waals surface area contributed by atoms with Crippen LogP contribution in [0.5, 0.6) is 0 Å². The smallest absolute Gasteiger partial charge is 0.270 e. The summed E-state index contributed by atoms with van der Waals surface area (Å²) in [5, 5.41) is 13.7. The number of benzene rings is 2. The van der Waals surface area contributed by atoms with Crippen LogP contribution in [0.25, 0.3) is 0 Å². The quantitative estimate of drug-likeness (QED) is 0.605. The SMILES string of the molecule is CCN1CCN(c2ccc(NC(=O)c3ccc([N+](=O)[O-])cc3Cl)c(C)c2)CC1. The van der Waals surface area contributed by atoms with E-state index in [0.29, 0.717) is 5.69 Å². The molecule has 148 valence electrons. The maximum Gasteiger partial charge on any atom is 0.270 e. The molecule has 0 atom stereocenters. The van der Waals surface area contributed by atoms with Gasteiger partial charge >= 0.3 is 0 Å². The molecule has 28 heavy (non-hydrogen) atoms. The van der Waals surface area contributed by atoms with E-state index in [1.807, 2.05) is 19.1 Å². The Bertz CT molecular complexity index is 895. The van der Waals surface area contributed by atoms with Gasteiger partial charge in [0.2, 0.25) is 0 Å². The van der Waals surface area contributed by atoms with Gasteiger partial charge in [0.25, 0.3) is 11.6 Å². The largest absolute Gasteiger partial charge is 0.369 e. The van der Waals surface area contributed by atoms with Gasteiger partial charge in [-0.1, -0.05) is 18.5 Å². The number of non-ortho nitro benzene ring substituents is 1. The van der Waals surface area contributed by atoms with Crippen LogP contribution in [0.4, 0.5) is 17.1 Å². The van der Waals surface area contributed by atoms with Gasteiger partial charge in [-0.2, -0.15) is 0 Å².